The Bertz CT molecular complexity index is 1030. The van der Waals surface area contributed by atoms with Crippen LogP contribution in [0.3, 0.4) is 0 Å². The molecule has 55 heavy (non-hydrogen) atoms. The quantitative estimate of drug-likeness (QED) is 0.0159. The molecule has 0 aromatic rings. The molecule has 0 heterocycles. The highest BCUT2D eigenvalue weighted by Gasteiger charge is 2.51. The molecular formula is C41H77O13P. The van der Waals surface area contributed by atoms with E-state index in [2.05, 4.69) is 26.0 Å². The maximum Gasteiger partial charge on any atom is 0.472 e. The van der Waals surface area contributed by atoms with Gasteiger partial charge in [-0.2, -0.15) is 0 Å². The van der Waals surface area contributed by atoms with Crippen molar-refractivity contribution in [3.05, 3.63) is 12.2 Å². The smallest absolute Gasteiger partial charge is 0.462 e. The summed E-state index contributed by atoms with van der Waals surface area (Å²) >= 11 is 0. The summed E-state index contributed by atoms with van der Waals surface area (Å²) in [4.78, 5) is 35.5. The maximum absolute atomic E-state index is 12.8. The standard InChI is InChI=1S/C41H77O13P/c1-3-5-7-9-11-13-15-16-17-18-20-22-24-26-28-30-35(43)53-33(31-51-34(42)29-27-25-23-21-19-14-12-10-8-6-4-2)32-52-55(49,50)54-41-39(47)37(45)36(44)38(46)40(41)48/h9,11,33,36-41,44-48H,3-8,10,12-32H2,1-2H3,(H,49,50)/b11-9+/t33-,36?,37-,38?,39?,40?,41?/m1/s1. The van der Waals surface area contributed by atoms with E-state index in [9.17, 15) is 44.6 Å². The zero-order valence-electron chi connectivity index (χ0n) is 34.0. The number of carbonyl (C=O) groups excluding carboxylic acids is 2. The molecule has 0 aromatic heterocycles. The molecule has 6 unspecified atom stereocenters. The van der Waals surface area contributed by atoms with E-state index in [1.54, 1.807) is 0 Å². The number of hydrogen-bond acceptors (Lipinski definition) is 12. The molecule has 0 aliphatic heterocycles. The van der Waals surface area contributed by atoms with Crippen molar-refractivity contribution in [2.24, 2.45) is 0 Å². The van der Waals surface area contributed by atoms with Crippen molar-refractivity contribution < 1.29 is 63.1 Å². The minimum Gasteiger partial charge on any atom is -0.462 e. The van der Waals surface area contributed by atoms with E-state index in [-0.39, 0.29) is 12.8 Å². The zero-order chi connectivity index (χ0) is 40.7. The van der Waals surface area contributed by atoms with Gasteiger partial charge in [-0.1, -0.05) is 148 Å². The second-order valence-corrected chi connectivity index (χ2v) is 16.6. The van der Waals surface area contributed by atoms with Crippen LogP contribution in [0, 0.1) is 0 Å². The van der Waals surface area contributed by atoms with Crippen LogP contribution in [0.2, 0.25) is 0 Å². The number of carbonyl (C=O) groups is 2. The number of unbranched alkanes of at least 4 members (excludes halogenated alkanes) is 21. The maximum atomic E-state index is 12.8. The van der Waals surface area contributed by atoms with Gasteiger partial charge in [-0.3, -0.25) is 18.6 Å². The number of esters is 2. The Morgan fingerprint density at radius 2 is 0.945 bits per heavy atom. The van der Waals surface area contributed by atoms with Crippen LogP contribution in [0.1, 0.15) is 181 Å². The highest BCUT2D eigenvalue weighted by molar-refractivity contribution is 7.47. The van der Waals surface area contributed by atoms with Crippen molar-refractivity contribution >= 4 is 19.8 Å². The highest BCUT2D eigenvalue weighted by Crippen LogP contribution is 2.47. The number of aliphatic hydroxyl groups is 5. The second-order valence-electron chi connectivity index (χ2n) is 15.2. The van der Waals surface area contributed by atoms with Gasteiger partial charge in [-0.25, -0.2) is 4.57 Å². The number of rotatable bonds is 35. The summed E-state index contributed by atoms with van der Waals surface area (Å²) in [5.74, 6) is -1.10. The van der Waals surface area contributed by atoms with Gasteiger partial charge in [0.05, 0.1) is 6.61 Å². The summed E-state index contributed by atoms with van der Waals surface area (Å²) in [5, 5.41) is 50.0. The van der Waals surface area contributed by atoms with Crippen LogP contribution in [-0.2, 0) is 32.7 Å². The summed E-state index contributed by atoms with van der Waals surface area (Å²) in [5.41, 5.74) is 0. The van der Waals surface area contributed by atoms with Crippen molar-refractivity contribution in [2.45, 2.75) is 224 Å². The SMILES string of the molecule is CCCC/C=C/CCCCCCCCCCCC(=O)O[C@H](COC(=O)CCCCCCCCCCCCC)COP(=O)(O)OC1C(O)C(O)C(O)[C@@H](O)C1O. The number of aliphatic hydroxyl groups excluding tert-OH is 5. The van der Waals surface area contributed by atoms with Gasteiger partial charge in [-0.05, 0) is 32.1 Å². The first-order valence-corrected chi connectivity index (χ1v) is 23.0. The molecule has 0 radical (unpaired) electrons. The van der Waals surface area contributed by atoms with Crippen LogP contribution in [0.25, 0.3) is 0 Å². The summed E-state index contributed by atoms with van der Waals surface area (Å²) in [6.45, 7) is 3.25. The Labute approximate surface area is 331 Å². The lowest BCUT2D eigenvalue weighted by Gasteiger charge is -2.41. The monoisotopic (exact) mass is 809 g/mol. The van der Waals surface area contributed by atoms with Gasteiger partial charge in [0.25, 0.3) is 0 Å². The van der Waals surface area contributed by atoms with Gasteiger partial charge in [0.2, 0.25) is 0 Å². The number of allylic oxidation sites excluding steroid dienone is 2. The number of phosphoric acid groups is 1. The summed E-state index contributed by atoms with van der Waals surface area (Å²) < 4.78 is 33.4. The van der Waals surface area contributed by atoms with Gasteiger partial charge >= 0.3 is 19.8 Å². The van der Waals surface area contributed by atoms with Gasteiger partial charge in [0.1, 0.15) is 43.2 Å². The molecule has 14 heteroatoms. The third-order valence-corrected chi connectivity index (χ3v) is 11.1. The third kappa shape index (κ3) is 25.5. The molecule has 0 aromatic carbocycles. The van der Waals surface area contributed by atoms with Crippen LogP contribution < -0.4 is 0 Å². The van der Waals surface area contributed by atoms with E-state index in [4.69, 9.17) is 18.5 Å². The largest absolute Gasteiger partial charge is 0.472 e. The average Bonchev–Trinajstić information content (AvgIpc) is 3.16. The zero-order valence-corrected chi connectivity index (χ0v) is 34.9. The lowest BCUT2D eigenvalue weighted by atomic mass is 9.85. The van der Waals surface area contributed by atoms with Crippen molar-refractivity contribution in [2.75, 3.05) is 13.2 Å². The van der Waals surface area contributed by atoms with Crippen LogP contribution in [-0.4, -0.2) is 98.3 Å². The highest BCUT2D eigenvalue weighted by atomic mass is 31.2. The van der Waals surface area contributed by atoms with Crippen LogP contribution in [0.4, 0.5) is 0 Å². The summed E-state index contributed by atoms with van der Waals surface area (Å²) in [7, 11) is -5.11. The molecule has 0 amide bonds. The minimum absolute atomic E-state index is 0.0980. The molecule has 8 atom stereocenters. The Balaban J connectivity index is 2.49. The molecule has 1 saturated carbocycles. The lowest BCUT2D eigenvalue weighted by molar-refractivity contribution is -0.220. The van der Waals surface area contributed by atoms with E-state index < -0.39 is 75.7 Å². The van der Waals surface area contributed by atoms with Crippen LogP contribution >= 0.6 is 7.82 Å². The molecule has 1 aliphatic rings. The van der Waals surface area contributed by atoms with Gasteiger partial charge in [0, 0.05) is 12.8 Å². The average molecular weight is 809 g/mol. The first-order chi connectivity index (χ1) is 26.4. The predicted octanol–water partition coefficient (Wildman–Crippen LogP) is 7.50. The van der Waals surface area contributed by atoms with Gasteiger partial charge in [0.15, 0.2) is 6.10 Å². The molecule has 0 spiro atoms. The fourth-order valence-electron chi connectivity index (χ4n) is 6.56. The number of phosphoric ester groups is 1. The topological polar surface area (TPSA) is 210 Å². The molecule has 1 aliphatic carbocycles. The fraction of sp³-hybridized carbons (Fsp3) is 0.902. The normalized spacial score (nSPS) is 23.1. The molecule has 6 N–H and O–H groups in total. The Morgan fingerprint density at radius 1 is 0.545 bits per heavy atom. The molecule has 0 bridgehead atoms. The molecule has 1 rings (SSSR count). The van der Waals surface area contributed by atoms with E-state index >= 15 is 0 Å². The summed E-state index contributed by atoms with van der Waals surface area (Å²) in [6, 6.07) is 0. The molecular weight excluding hydrogens is 731 g/mol. The van der Waals surface area contributed by atoms with Crippen molar-refractivity contribution in [3.8, 4) is 0 Å². The first-order valence-electron chi connectivity index (χ1n) is 21.5. The van der Waals surface area contributed by atoms with E-state index in [0.717, 1.165) is 51.4 Å². The second kappa shape index (κ2) is 32.5. The molecule has 13 nitrogen and oxygen atoms in total. The van der Waals surface area contributed by atoms with Crippen molar-refractivity contribution in [3.63, 3.8) is 0 Å². The predicted molar refractivity (Wildman–Crippen MR) is 212 cm³/mol. The first kappa shape index (κ1) is 51.6. The fourth-order valence-corrected chi connectivity index (χ4v) is 7.53. The lowest BCUT2D eigenvalue weighted by Crippen LogP contribution is -2.64. The number of ether oxygens (including phenoxy) is 2. The van der Waals surface area contributed by atoms with Gasteiger partial charge < -0.3 is 39.9 Å². The molecule has 324 valence electrons. The minimum atomic E-state index is -5.11. The van der Waals surface area contributed by atoms with Crippen molar-refractivity contribution in [1.82, 2.24) is 0 Å². The van der Waals surface area contributed by atoms with E-state index in [0.29, 0.717) is 12.8 Å². The van der Waals surface area contributed by atoms with Crippen LogP contribution in [0.5, 0.6) is 0 Å². The molecule has 0 saturated heterocycles. The van der Waals surface area contributed by atoms with Gasteiger partial charge in [-0.15, -0.1) is 0 Å². The summed E-state index contributed by atoms with van der Waals surface area (Å²) in [6.07, 6.45) is 18.5. The van der Waals surface area contributed by atoms with Crippen LogP contribution in [0.15, 0.2) is 12.2 Å². The number of hydrogen-bond donors (Lipinski definition) is 6. The van der Waals surface area contributed by atoms with Crippen molar-refractivity contribution in [1.29, 1.82) is 0 Å². The van der Waals surface area contributed by atoms with E-state index in [1.807, 2.05) is 0 Å². The third-order valence-electron chi connectivity index (χ3n) is 10.1. The molecule has 1 fully saturated rings. The van der Waals surface area contributed by atoms with E-state index in [1.165, 1.54) is 89.9 Å². The Morgan fingerprint density at radius 3 is 1.44 bits per heavy atom. The Hall–Kier alpha value is -1.41. The Kier molecular flexibility index (Phi) is 30.5.